The summed E-state index contributed by atoms with van der Waals surface area (Å²) < 4.78 is 17.7. The Labute approximate surface area is 498 Å². The number of hydrogen-bond acceptors (Lipinski definition) is 10. The minimum absolute atomic E-state index is 0.129. The van der Waals surface area contributed by atoms with Crippen LogP contribution < -0.4 is 5.32 Å². The van der Waals surface area contributed by atoms with Crippen LogP contribution in [0.5, 0.6) is 0 Å². The van der Waals surface area contributed by atoms with Crippen LogP contribution in [-0.4, -0.2) is 99.6 Å². The Morgan fingerprint density at radius 1 is 0.481 bits per heavy atom. The lowest BCUT2D eigenvalue weighted by molar-refractivity contribution is -0.305. The molecule has 1 rings (SSSR count). The summed E-state index contributed by atoms with van der Waals surface area (Å²) in [7, 11) is 0. The summed E-state index contributed by atoms with van der Waals surface area (Å²) in [6.07, 6.45) is 60.3. The van der Waals surface area contributed by atoms with Crippen molar-refractivity contribution in [1.29, 1.82) is 0 Å². The van der Waals surface area contributed by atoms with E-state index in [4.69, 9.17) is 14.2 Å². The lowest BCUT2D eigenvalue weighted by Gasteiger charge is -2.41. The highest BCUT2D eigenvalue weighted by atomic mass is 16.7. The number of aliphatic hydroxyl groups is 5. The third-order valence-electron chi connectivity index (χ3n) is 16.5. The van der Waals surface area contributed by atoms with E-state index in [2.05, 4.69) is 50.4 Å². The highest BCUT2D eigenvalue weighted by molar-refractivity contribution is 5.80. The van der Waals surface area contributed by atoms with Crippen LogP contribution in [0.25, 0.3) is 0 Å². The molecule has 0 aromatic heterocycles. The van der Waals surface area contributed by atoms with E-state index in [1.165, 1.54) is 218 Å². The minimum Gasteiger partial charge on any atom is -0.454 e. The quantitative estimate of drug-likeness (QED) is 0.0195. The van der Waals surface area contributed by atoms with Crippen molar-refractivity contribution in [3.05, 3.63) is 36.5 Å². The summed E-state index contributed by atoms with van der Waals surface area (Å²) in [6.45, 7) is 5.81. The summed E-state index contributed by atoms with van der Waals surface area (Å²) in [5.41, 5.74) is 0. The molecule has 8 atom stereocenters. The van der Waals surface area contributed by atoms with E-state index in [0.29, 0.717) is 12.8 Å². The smallest absolute Gasteiger partial charge is 0.306 e. The third kappa shape index (κ3) is 45.9. The van der Waals surface area contributed by atoms with Crippen molar-refractivity contribution in [2.24, 2.45) is 0 Å². The fourth-order valence-corrected chi connectivity index (χ4v) is 11.0. The van der Waals surface area contributed by atoms with Crippen LogP contribution in [0.2, 0.25) is 0 Å². The summed E-state index contributed by atoms with van der Waals surface area (Å²) >= 11 is 0. The summed E-state index contributed by atoms with van der Waals surface area (Å²) in [4.78, 5) is 26.7. The number of amides is 1. The summed E-state index contributed by atoms with van der Waals surface area (Å²) in [5, 5.41) is 57.2. The van der Waals surface area contributed by atoms with Gasteiger partial charge in [-0.1, -0.05) is 308 Å². The predicted molar refractivity (Wildman–Crippen MR) is 338 cm³/mol. The second kappa shape index (κ2) is 58.3. The Morgan fingerprint density at radius 2 is 0.852 bits per heavy atom. The van der Waals surface area contributed by atoms with Crippen LogP contribution in [-0.2, 0) is 23.8 Å². The van der Waals surface area contributed by atoms with Crippen molar-refractivity contribution < 1.29 is 49.3 Å². The third-order valence-corrected chi connectivity index (χ3v) is 16.5. The fourth-order valence-electron chi connectivity index (χ4n) is 11.0. The molecule has 0 radical (unpaired) electrons. The molecule has 0 spiro atoms. The normalized spacial score (nSPS) is 18.8. The molecule has 1 fully saturated rings. The Morgan fingerprint density at radius 3 is 1.28 bits per heavy atom. The van der Waals surface area contributed by atoms with E-state index in [0.717, 1.165) is 70.6 Å². The first-order valence-corrected chi connectivity index (χ1v) is 34.8. The van der Waals surface area contributed by atoms with Gasteiger partial charge in [0, 0.05) is 6.42 Å². The fraction of sp³-hybridized carbons (Fsp3) is 0.886. The monoisotopic (exact) mass is 1150 g/mol. The van der Waals surface area contributed by atoms with Crippen molar-refractivity contribution in [3.63, 3.8) is 0 Å². The van der Waals surface area contributed by atoms with E-state index < -0.39 is 67.4 Å². The Hall–Kier alpha value is -2.12. The summed E-state index contributed by atoms with van der Waals surface area (Å²) in [5.74, 6) is -1.18. The van der Waals surface area contributed by atoms with Crippen molar-refractivity contribution in [2.45, 2.75) is 384 Å². The first-order chi connectivity index (χ1) is 39.7. The molecule has 476 valence electrons. The molecule has 0 aliphatic carbocycles. The van der Waals surface area contributed by atoms with Gasteiger partial charge in [0.15, 0.2) is 12.4 Å². The van der Waals surface area contributed by atoms with Gasteiger partial charge in [-0.05, 0) is 57.8 Å². The highest BCUT2D eigenvalue weighted by Crippen LogP contribution is 2.26. The molecule has 1 saturated heterocycles. The van der Waals surface area contributed by atoms with Gasteiger partial charge in [0.1, 0.15) is 24.4 Å². The van der Waals surface area contributed by atoms with Gasteiger partial charge in [-0.2, -0.15) is 0 Å². The molecule has 0 bridgehead atoms. The second-order valence-corrected chi connectivity index (χ2v) is 24.3. The molecule has 6 N–H and O–H groups in total. The van der Waals surface area contributed by atoms with Gasteiger partial charge in [-0.25, -0.2) is 0 Å². The minimum atomic E-state index is -1.61. The zero-order valence-corrected chi connectivity index (χ0v) is 52.9. The zero-order valence-electron chi connectivity index (χ0n) is 52.9. The molecule has 11 heteroatoms. The first kappa shape index (κ1) is 76.9. The molecule has 1 aliphatic heterocycles. The van der Waals surface area contributed by atoms with Gasteiger partial charge >= 0.3 is 5.97 Å². The van der Waals surface area contributed by atoms with Crippen molar-refractivity contribution in [3.8, 4) is 0 Å². The number of carbonyl (C=O) groups is 2. The van der Waals surface area contributed by atoms with E-state index in [1.54, 1.807) is 6.08 Å². The number of aliphatic hydroxyl groups excluding tert-OH is 5. The molecule has 1 amide bonds. The van der Waals surface area contributed by atoms with Crippen LogP contribution in [0.4, 0.5) is 0 Å². The molecule has 11 nitrogen and oxygen atoms in total. The molecule has 1 aliphatic rings. The molecule has 8 unspecified atom stereocenters. The maximum atomic E-state index is 13.5. The number of nitrogens with one attached hydrogen (secondary N) is 1. The zero-order chi connectivity index (χ0) is 58.9. The number of ether oxygens (including phenoxy) is 3. The van der Waals surface area contributed by atoms with Crippen LogP contribution in [0, 0.1) is 0 Å². The van der Waals surface area contributed by atoms with Crippen molar-refractivity contribution >= 4 is 11.9 Å². The van der Waals surface area contributed by atoms with Gasteiger partial charge in [0.05, 0.1) is 25.4 Å². The molecule has 1 heterocycles. The average molecular weight is 1150 g/mol. The van der Waals surface area contributed by atoms with E-state index in [1.807, 2.05) is 6.08 Å². The van der Waals surface area contributed by atoms with Gasteiger partial charge < -0.3 is 45.1 Å². The highest BCUT2D eigenvalue weighted by Gasteiger charge is 2.47. The standard InChI is InChI=1S/C70H131NO10/c1-4-7-10-13-16-19-22-25-27-29-31-32-33-35-37-40-43-46-49-52-55-58-65(75)81-68-67(77)66(76)64(59-72)80-70(68)79-60-61(62(73)56-53-50-47-44-41-38-24-21-18-15-12-9-6-3)71-69(78)63(74)57-54-51-48-45-42-39-36-34-30-28-26-23-20-17-14-11-8-5-2/h17,20,26,28,53,56,61-64,66-68,70,72-74,76-77H,4-16,18-19,21-25,27,29-52,54-55,57-60H2,1-3H3,(H,71,78)/b20-17-,28-26-,56-53+. The van der Waals surface area contributed by atoms with Crippen LogP contribution in [0.1, 0.15) is 335 Å². The van der Waals surface area contributed by atoms with Crippen LogP contribution in [0.15, 0.2) is 36.5 Å². The van der Waals surface area contributed by atoms with Crippen LogP contribution in [0.3, 0.4) is 0 Å². The molecule has 81 heavy (non-hydrogen) atoms. The van der Waals surface area contributed by atoms with Gasteiger partial charge in [0.2, 0.25) is 5.91 Å². The van der Waals surface area contributed by atoms with E-state index in [9.17, 15) is 35.1 Å². The largest absolute Gasteiger partial charge is 0.454 e. The van der Waals surface area contributed by atoms with Gasteiger partial charge in [-0.15, -0.1) is 0 Å². The maximum absolute atomic E-state index is 13.5. The number of allylic oxidation sites excluding steroid dienone is 5. The topological polar surface area (TPSA) is 175 Å². The Bertz CT molecular complexity index is 1460. The lowest BCUT2D eigenvalue weighted by Crippen LogP contribution is -2.61. The van der Waals surface area contributed by atoms with E-state index >= 15 is 0 Å². The van der Waals surface area contributed by atoms with Gasteiger partial charge in [0.25, 0.3) is 0 Å². The van der Waals surface area contributed by atoms with Crippen LogP contribution >= 0.6 is 0 Å². The SMILES string of the molecule is CCCCC/C=C\C/C=C\CCCCCCCCCCC(O)C(=O)NC(COC1OC(CO)C(O)C(O)C1OC(=O)CCCCCCCCCCCCCCCCCCCCCCC)C(O)/C=C/CCCCCCCCCCCCC. The predicted octanol–water partition coefficient (Wildman–Crippen LogP) is 17.4. The molecule has 0 aromatic carbocycles. The van der Waals surface area contributed by atoms with Crippen molar-refractivity contribution in [1.82, 2.24) is 5.32 Å². The molecule has 0 aromatic rings. The molecular weight excluding hydrogens is 1010 g/mol. The number of unbranched alkanes of at least 4 members (excludes halogenated alkanes) is 42. The number of hydrogen-bond donors (Lipinski definition) is 6. The van der Waals surface area contributed by atoms with Crippen molar-refractivity contribution in [2.75, 3.05) is 13.2 Å². The Kier molecular flexibility index (Phi) is 55.3. The van der Waals surface area contributed by atoms with E-state index in [-0.39, 0.29) is 19.4 Å². The lowest BCUT2D eigenvalue weighted by atomic mass is 9.99. The number of rotatable bonds is 60. The number of carbonyl (C=O) groups excluding carboxylic acids is 2. The Balaban J connectivity index is 2.61. The summed E-state index contributed by atoms with van der Waals surface area (Å²) in [6, 6.07) is -1.02. The maximum Gasteiger partial charge on any atom is 0.306 e. The number of esters is 1. The average Bonchev–Trinajstić information content (AvgIpc) is 3.46. The molecular formula is C70H131NO10. The van der Waals surface area contributed by atoms with Gasteiger partial charge in [-0.3, -0.25) is 9.59 Å². The second-order valence-electron chi connectivity index (χ2n) is 24.3. The first-order valence-electron chi connectivity index (χ1n) is 34.8. The molecule has 0 saturated carbocycles.